The van der Waals surface area contributed by atoms with E-state index in [-0.39, 0.29) is 0 Å². The van der Waals surface area contributed by atoms with Crippen molar-refractivity contribution in [3.8, 4) is 0 Å². The van der Waals surface area contributed by atoms with Gasteiger partial charge in [-0.25, -0.2) is 4.98 Å². The number of aromatic nitrogens is 2. The number of nitrogens with one attached hydrogen (secondary N) is 2. The number of rotatable bonds is 6. The summed E-state index contributed by atoms with van der Waals surface area (Å²) in [6, 6.07) is 4.00. The molecule has 98 valence electrons. The van der Waals surface area contributed by atoms with Gasteiger partial charge < -0.3 is 15.4 Å². The zero-order valence-corrected chi connectivity index (χ0v) is 11.0. The largest absolute Gasteiger partial charge is 0.389 e. The van der Waals surface area contributed by atoms with Crippen LogP contribution in [-0.4, -0.2) is 27.2 Å². The standard InChI is InChI=1S/C14H21N3O/c1-3-14(18,4-2)10-15-8-11-9-17-13-12(11)6-5-7-16-13/h5-7,9,15,18H,3-4,8,10H2,1-2H3,(H,16,17). The van der Waals surface area contributed by atoms with Crippen LogP contribution in [0.15, 0.2) is 24.5 Å². The van der Waals surface area contributed by atoms with Gasteiger partial charge in [0.25, 0.3) is 0 Å². The first-order chi connectivity index (χ1) is 8.68. The van der Waals surface area contributed by atoms with Crippen molar-refractivity contribution in [3.63, 3.8) is 0 Å². The summed E-state index contributed by atoms with van der Waals surface area (Å²) in [6.45, 7) is 5.39. The van der Waals surface area contributed by atoms with Crippen molar-refractivity contribution in [3.05, 3.63) is 30.1 Å². The normalized spacial score (nSPS) is 12.2. The fourth-order valence-corrected chi connectivity index (χ4v) is 2.09. The summed E-state index contributed by atoms with van der Waals surface area (Å²) in [4.78, 5) is 7.41. The van der Waals surface area contributed by atoms with Crippen LogP contribution >= 0.6 is 0 Å². The molecular weight excluding hydrogens is 226 g/mol. The van der Waals surface area contributed by atoms with E-state index in [0.717, 1.165) is 30.4 Å². The Morgan fingerprint density at radius 1 is 1.39 bits per heavy atom. The fraction of sp³-hybridized carbons (Fsp3) is 0.500. The molecular formula is C14H21N3O. The Hall–Kier alpha value is -1.39. The van der Waals surface area contributed by atoms with Gasteiger partial charge in [0.05, 0.1) is 5.60 Å². The molecule has 2 heterocycles. The Labute approximate surface area is 107 Å². The van der Waals surface area contributed by atoms with E-state index >= 15 is 0 Å². The molecule has 4 nitrogen and oxygen atoms in total. The lowest BCUT2D eigenvalue weighted by molar-refractivity contribution is 0.0323. The van der Waals surface area contributed by atoms with Gasteiger partial charge in [0.2, 0.25) is 0 Å². The Bertz CT molecular complexity index is 502. The predicted octanol–water partition coefficient (Wildman–Crippen LogP) is 2.20. The predicted molar refractivity (Wildman–Crippen MR) is 73.3 cm³/mol. The molecule has 0 saturated carbocycles. The van der Waals surface area contributed by atoms with Gasteiger partial charge in [0.15, 0.2) is 0 Å². The van der Waals surface area contributed by atoms with Crippen LogP contribution in [0.25, 0.3) is 11.0 Å². The van der Waals surface area contributed by atoms with Crippen molar-refractivity contribution < 1.29 is 5.11 Å². The van der Waals surface area contributed by atoms with Gasteiger partial charge in [-0.3, -0.25) is 0 Å². The third kappa shape index (κ3) is 2.71. The van der Waals surface area contributed by atoms with Crippen LogP contribution in [0.2, 0.25) is 0 Å². The quantitative estimate of drug-likeness (QED) is 0.733. The number of hydrogen-bond acceptors (Lipinski definition) is 3. The molecule has 2 aromatic heterocycles. The third-order valence-corrected chi connectivity index (χ3v) is 3.62. The molecule has 0 bridgehead atoms. The number of hydrogen-bond donors (Lipinski definition) is 3. The molecule has 0 aromatic carbocycles. The molecule has 0 aliphatic rings. The monoisotopic (exact) mass is 247 g/mol. The molecule has 2 aromatic rings. The summed E-state index contributed by atoms with van der Waals surface area (Å²) in [5.74, 6) is 0. The highest BCUT2D eigenvalue weighted by Crippen LogP contribution is 2.16. The molecule has 0 radical (unpaired) electrons. The van der Waals surface area contributed by atoms with E-state index < -0.39 is 5.60 Å². The van der Waals surface area contributed by atoms with Crippen molar-refractivity contribution in [2.45, 2.75) is 38.8 Å². The van der Waals surface area contributed by atoms with Gasteiger partial charge >= 0.3 is 0 Å². The molecule has 2 rings (SSSR count). The average molecular weight is 247 g/mol. The number of H-pyrrole nitrogens is 1. The minimum atomic E-state index is -0.593. The van der Waals surface area contributed by atoms with E-state index in [9.17, 15) is 5.11 Å². The van der Waals surface area contributed by atoms with Gasteiger partial charge in [-0.2, -0.15) is 0 Å². The second-order valence-corrected chi connectivity index (χ2v) is 4.75. The van der Waals surface area contributed by atoms with Crippen LogP contribution < -0.4 is 5.32 Å². The van der Waals surface area contributed by atoms with Crippen LogP contribution in [0.4, 0.5) is 0 Å². The number of nitrogens with zero attached hydrogens (tertiary/aromatic N) is 1. The highest BCUT2D eigenvalue weighted by Gasteiger charge is 2.21. The second-order valence-electron chi connectivity index (χ2n) is 4.75. The molecule has 0 amide bonds. The lowest BCUT2D eigenvalue weighted by Gasteiger charge is -2.25. The van der Waals surface area contributed by atoms with Gasteiger partial charge in [0, 0.05) is 30.9 Å². The smallest absolute Gasteiger partial charge is 0.137 e. The SMILES string of the molecule is CCC(O)(CC)CNCc1c[nH]c2ncccc12. The van der Waals surface area contributed by atoms with Crippen molar-refractivity contribution >= 4 is 11.0 Å². The van der Waals surface area contributed by atoms with E-state index in [4.69, 9.17) is 0 Å². The second kappa shape index (κ2) is 5.50. The third-order valence-electron chi connectivity index (χ3n) is 3.62. The maximum atomic E-state index is 10.2. The Morgan fingerprint density at radius 2 is 2.17 bits per heavy atom. The molecule has 0 atom stereocenters. The van der Waals surface area contributed by atoms with Gasteiger partial charge in [0.1, 0.15) is 5.65 Å². The molecule has 0 aliphatic carbocycles. The Kier molecular flexibility index (Phi) is 3.99. The van der Waals surface area contributed by atoms with Gasteiger partial charge in [-0.05, 0) is 30.5 Å². The van der Waals surface area contributed by atoms with Crippen molar-refractivity contribution in [2.24, 2.45) is 0 Å². The summed E-state index contributed by atoms with van der Waals surface area (Å²) in [6.07, 6.45) is 5.29. The Balaban J connectivity index is 1.98. The summed E-state index contributed by atoms with van der Waals surface area (Å²) in [5, 5.41) is 14.7. The first-order valence-corrected chi connectivity index (χ1v) is 6.52. The lowest BCUT2D eigenvalue weighted by atomic mass is 9.97. The number of aliphatic hydroxyl groups is 1. The lowest BCUT2D eigenvalue weighted by Crippen LogP contribution is -2.39. The molecule has 0 saturated heterocycles. The van der Waals surface area contributed by atoms with Crippen LogP contribution in [-0.2, 0) is 6.54 Å². The fourth-order valence-electron chi connectivity index (χ4n) is 2.09. The summed E-state index contributed by atoms with van der Waals surface area (Å²) in [7, 11) is 0. The first-order valence-electron chi connectivity index (χ1n) is 6.52. The van der Waals surface area contributed by atoms with Crippen molar-refractivity contribution in [1.82, 2.24) is 15.3 Å². The zero-order valence-electron chi connectivity index (χ0n) is 11.0. The highest BCUT2D eigenvalue weighted by atomic mass is 16.3. The van der Waals surface area contributed by atoms with E-state index in [1.54, 1.807) is 6.20 Å². The number of fused-ring (bicyclic) bond motifs is 1. The topological polar surface area (TPSA) is 60.9 Å². The number of pyridine rings is 1. The van der Waals surface area contributed by atoms with E-state index in [0.29, 0.717) is 6.54 Å². The van der Waals surface area contributed by atoms with Crippen LogP contribution in [0.3, 0.4) is 0 Å². The highest BCUT2D eigenvalue weighted by molar-refractivity contribution is 5.79. The molecule has 0 aliphatic heterocycles. The molecule has 4 heteroatoms. The van der Waals surface area contributed by atoms with Gasteiger partial charge in [-0.15, -0.1) is 0 Å². The van der Waals surface area contributed by atoms with E-state index in [1.807, 2.05) is 26.1 Å². The number of aromatic amines is 1. The van der Waals surface area contributed by atoms with Crippen LogP contribution in [0, 0.1) is 0 Å². The van der Waals surface area contributed by atoms with E-state index in [1.165, 1.54) is 5.56 Å². The molecule has 18 heavy (non-hydrogen) atoms. The molecule has 0 unspecified atom stereocenters. The van der Waals surface area contributed by atoms with Crippen LogP contribution in [0.5, 0.6) is 0 Å². The Morgan fingerprint density at radius 3 is 2.89 bits per heavy atom. The summed E-state index contributed by atoms with van der Waals surface area (Å²) in [5.41, 5.74) is 1.51. The minimum Gasteiger partial charge on any atom is -0.389 e. The zero-order chi connectivity index (χ0) is 13.0. The summed E-state index contributed by atoms with van der Waals surface area (Å²) >= 11 is 0. The van der Waals surface area contributed by atoms with Crippen molar-refractivity contribution in [1.29, 1.82) is 0 Å². The van der Waals surface area contributed by atoms with Crippen molar-refractivity contribution in [2.75, 3.05) is 6.54 Å². The first kappa shape index (κ1) is 13.1. The molecule has 0 fully saturated rings. The maximum absolute atomic E-state index is 10.2. The maximum Gasteiger partial charge on any atom is 0.137 e. The van der Waals surface area contributed by atoms with Crippen LogP contribution in [0.1, 0.15) is 32.3 Å². The minimum absolute atomic E-state index is 0.593. The molecule has 3 N–H and O–H groups in total. The average Bonchev–Trinajstić information content (AvgIpc) is 2.82. The van der Waals surface area contributed by atoms with Gasteiger partial charge in [-0.1, -0.05) is 13.8 Å². The van der Waals surface area contributed by atoms with E-state index in [2.05, 4.69) is 21.4 Å². The summed E-state index contributed by atoms with van der Waals surface area (Å²) < 4.78 is 0. The molecule has 0 spiro atoms.